The molecule has 0 aromatic rings. The molecule has 3 nitrogen and oxygen atoms in total. The van der Waals surface area contributed by atoms with Crippen LogP contribution in [0.4, 0.5) is 0 Å². The molecule has 0 aromatic carbocycles. The first-order valence-electron chi connectivity index (χ1n) is 3.17. The van der Waals surface area contributed by atoms with Crippen LogP contribution < -0.4 is 0 Å². The van der Waals surface area contributed by atoms with Crippen molar-refractivity contribution in [1.82, 2.24) is 0 Å². The van der Waals surface area contributed by atoms with Crippen molar-refractivity contribution in [2.45, 2.75) is 26.4 Å². The van der Waals surface area contributed by atoms with E-state index in [0.717, 1.165) is 0 Å². The van der Waals surface area contributed by atoms with Crippen LogP contribution in [-0.2, 0) is 14.2 Å². The molecule has 0 aliphatic carbocycles. The Labute approximate surface area is 54.9 Å². The summed E-state index contributed by atoms with van der Waals surface area (Å²) in [6.07, 6.45) is -0.245. The Bertz CT molecular complexity index is 74.4. The molecule has 3 heteroatoms. The second-order valence-electron chi connectivity index (χ2n) is 2.01. The van der Waals surface area contributed by atoms with Gasteiger partial charge < -0.3 is 14.2 Å². The van der Waals surface area contributed by atoms with Crippen LogP contribution in [0.5, 0.6) is 0 Å². The highest BCUT2D eigenvalue weighted by Crippen LogP contribution is 2.04. The standard InChI is InChI=1S/C6H12O3/c1-5-7-3-4-8-6(2)9-5/h5-6H,3-4H2,1-2H3. The fourth-order valence-electron chi connectivity index (χ4n) is 0.777. The minimum atomic E-state index is -0.123. The van der Waals surface area contributed by atoms with Gasteiger partial charge in [-0.2, -0.15) is 0 Å². The van der Waals surface area contributed by atoms with Crippen LogP contribution in [0, 0.1) is 0 Å². The fraction of sp³-hybridized carbons (Fsp3) is 1.00. The smallest absolute Gasteiger partial charge is 0.158 e. The van der Waals surface area contributed by atoms with Gasteiger partial charge in [-0.25, -0.2) is 0 Å². The minimum absolute atomic E-state index is 0.123. The summed E-state index contributed by atoms with van der Waals surface area (Å²) >= 11 is 0. The lowest BCUT2D eigenvalue weighted by molar-refractivity contribution is -0.188. The quantitative estimate of drug-likeness (QED) is 0.486. The van der Waals surface area contributed by atoms with Gasteiger partial charge in [0.1, 0.15) is 0 Å². The van der Waals surface area contributed by atoms with E-state index in [-0.39, 0.29) is 12.6 Å². The molecule has 1 aliphatic rings. The van der Waals surface area contributed by atoms with Crippen LogP contribution in [0.2, 0.25) is 0 Å². The molecule has 2 unspecified atom stereocenters. The van der Waals surface area contributed by atoms with E-state index in [9.17, 15) is 0 Å². The second-order valence-corrected chi connectivity index (χ2v) is 2.01. The summed E-state index contributed by atoms with van der Waals surface area (Å²) in [5.74, 6) is 0. The second kappa shape index (κ2) is 3.15. The van der Waals surface area contributed by atoms with Crippen LogP contribution in [0.3, 0.4) is 0 Å². The minimum Gasteiger partial charge on any atom is -0.350 e. The average Bonchev–Trinajstić information content (AvgIpc) is 1.93. The molecule has 0 amide bonds. The molecule has 9 heavy (non-hydrogen) atoms. The summed E-state index contributed by atoms with van der Waals surface area (Å²) in [5.41, 5.74) is 0. The van der Waals surface area contributed by atoms with E-state index < -0.39 is 0 Å². The Morgan fingerprint density at radius 1 is 1.00 bits per heavy atom. The van der Waals surface area contributed by atoms with E-state index in [1.54, 1.807) is 0 Å². The van der Waals surface area contributed by atoms with Gasteiger partial charge in [-0.1, -0.05) is 0 Å². The third-order valence-electron chi connectivity index (χ3n) is 1.17. The normalized spacial score (nSPS) is 38.0. The summed E-state index contributed by atoms with van der Waals surface area (Å²) < 4.78 is 15.4. The predicted molar refractivity (Wildman–Crippen MR) is 31.9 cm³/mol. The van der Waals surface area contributed by atoms with Gasteiger partial charge in [0.15, 0.2) is 12.6 Å². The zero-order valence-electron chi connectivity index (χ0n) is 5.79. The summed E-state index contributed by atoms with van der Waals surface area (Å²) in [7, 11) is 0. The number of rotatable bonds is 0. The molecule has 0 aromatic heterocycles. The first-order chi connectivity index (χ1) is 4.29. The summed E-state index contributed by atoms with van der Waals surface area (Å²) in [6.45, 7) is 4.99. The highest BCUT2D eigenvalue weighted by Gasteiger charge is 2.12. The largest absolute Gasteiger partial charge is 0.350 e. The van der Waals surface area contributed by atoms with Crippen molar-refractivity contribution in [2.24, 2.45) is 0 Å². The third-order valence-corrected chi connectivity index (χ3v) is 1.17. The first-order valence-corrected chi connectivity index (χ1v) is 3.17. The van der Waals surface area contributed by atoms with Crippen molar-refractivity contribution in [3.05, 3.63) is 0 Å². The molecule has 54 valence electrons. The lowest BCUT2D eigenvalue weighted by Gasteiger charge is -2.12. The van der Waals surface area contributed by atoms with E-state index in [4.69, 9.17) is 14.2 Å². The number of hydrogen-bond donors (Lipinski definition) is 0. The van der Waals surface area contributed by atoms with E-state index in [1.165, 1.54) is 0 Å². The van der Waals surface area contributed by atoms with Gasteiger partial charge >= 0.3 is 0 Å². The first kappa shape index (κ1) is 6.99. The molecular weight excluding hydrogens is 120 g/mol. The summed E-state index contributed by atoms with van der Waals surface area (Å²) in [5, 5.41) is 0. The highest BCUT2D eigenvalue weighted by atomic mass is 16.8. The van der Waals surface area contributed by atoms with Crippen molar-refractivity contribution >= 4 is 0 Å². The Morgan fingerprint density at radius 3 is 1.89 bits per heavy atom. The van der Waals surface area contributed by atoms with E-state index in [2.05, 4.69) is 0 Å². The van der Waals surface area contributed by atoms with Crippen molar-refractivity contribution < 1.29 is 14.2 Å². The van der Waals surface area contributed by atoms with Gasteiger partial charge in [-0.3, -0.25) is 0 Å². The zero-order valence-corrected chi connectivity index (χ0v) is 5.79. The molecule has 0 N–H and O–H groups in total. The average molecular weight is 132 g/mol. The molecule has 0 radical (unpaired) electrons. The Hall–Kier alpha value is -0.120. The van der Waals surface area contributed by atoms with Crippen molar-refractivity contribution in [1.29, 1.82) is 0 Å². The van der Waals surface area contributed by atoms with Crippen LogP contribution >= 0.6 is 0 Å². The van der Waals surface area contributed by atoms with E-state index in [1.807, 2.05) is 13.8 Å². The van der Waals surface area contributed by atoms with Crippen LogP contribution in [-0.4, -0.2) is 25.8 Å². The Morgan fingerprint density at radius 2 is 1.44 bits per heavy atom. The maximum Gasteiger partial charge on any atom is 0.158 e. The van der Waals surface area contributed by atoms with E-state index in [0.29, 0.717) is 13.2 Å². The summed E-state index contributed by atoms with van der Waals surface area (Å²) in [4.78, 5) is 0. The Kier molecular flexibility index (Phi) is 2.45. The Balaban J connectivity index is 2.29. The SMILES string of the molecule is CC1OCCOC(C)O1. The maximum absolute atomic E-state index is 5.17. The van der Waals surface area contributed by atoms with Gasteiger partial charge in [0.05, 0.1) is 13.2 Å². The molecule has 0 bridgehead atoms. The molecule has 1 aliphatic heterocycles. The molecule has 1 fully saturated rings. The molecule has 1 saturated heterocycles. The highest BCUT2D eigenvalue weighted by molar-refractivity contribution is 4.42. The molecule has 0 spiro atoms. The monoisotopic (exact) mass is 132 g/mol. The predicted octanol–water partition coefficient (Wildman–Crippen LogP) is 0.742. The number of ether oxygens (including phenoxy) is 3. The maximum atomic E-state index is 5.17. The van der Waals surface area contributed by atoms with Gasteiger partial charge in [0.25, 0.3) is 0 Å². The van der Waals surface area contributed by atoms with Crippen molar-refractivity contribution in [2.75, 3.05) is 13.2 Å². The molecule has 1 heterocycles. The van der Waals surface area contributed by atoms with Gasteiger partial charge in [0.2, 0.25) is 0 Å². The number of hydrogen-bond acceptors (Lipinski definition) is 3. The van der Waals surface area contributed by atoms with Crippen LogP contribution in [0.25, 0.3) is 0 Å². The van der Waals surface area contributed by atoms with Crippen LogP contribution in [0.15, 0.2) is 0 Å². The lowest BCUT2D eigenvalue weighted by Crippen LogP contribution is -2.16. The summed E-state index contributed by atoms with van der Waals surface area (Å²) in [6, 6.07) is 0. The van der Waals surface area contributed by atoms with Gasteiger partial charge in [-0.05, 0) is 13.8 Å². The third kappa shape index (κ3) is 2.30. The van der Waals surface area contributed by atoms with Gasteiger partial charge in [-0.15, -0.1) is 0 Å². The molecule has 1 rings (SSSR count). The fourth-order valence-corrected chi connectivity index (χ4v) is 0.777. The molecule has 2 atom stereocenters. The van der Waals surface area contributed by atoms with Crippen molar-refractivity contribution in [3.63, 3.8) is 0 Å². The molecular formula is C6H12O3. The molecule has 0 saturated carbocycles. The lowest BCUT2D eigenvalue weighted by atomic mass is 10.7. The van der Waals surface area contributed by atoms with E-state index >= 15 is 0 Å². The van der Waals surface area contributed by atoms with Crippen molar-refractivity contribution in [3.8, 4) is 0 Å². The van der Waals surface area contributed by atoms with Gasteiger partial charge in [0, 0.05) is 0 Å². The zero-order chi connectivity index (χ0) is 6.69. The topological polar surface area (TPSA) is 27.7 Å². The van der Waals surface area contributed by atoms with Crippen LogP contribution in [0.1, 0.15) is 13.8 Å².